The van der Waals surface area contributed by atoms with Crippen LogP contribution in [0, 0.1) is 11.8 Å². The zero-order valence-corrected chi connectivity index (χ0v) is 14.1. The quantitative estimate of drug-likeness (QED) is 0.709. The van der Waals surface area contributed by atoms with Gasteiger partial charge in [-0.05, 0) is 63.2 Å². The van der Waals surface area contributed by atoms with Gasteiger partial charge in [0.2, 0.25) is 5.91 Å². The third kappa shape index (κ3) is 6.19. The molecule has 0 saturated heterocycles. The first kappa shape index (κ1) is 17.1. The topological polar surface area (TPSA) is 55.1 Å². The third-order valence-electron chi connectivity index (χ3n) is 5.08. The normalized spacial score (nSPS) is 27.5. The Labute approximate surface area is 134 Å². The van der Waals surface area contributed by atoms with Crippen LogP contribution in [0.4, 0.5) is 0 Å². The highest BCUT2D eigenvalue weighted by atomic mass is 32.2. The average Bonchev–Trinajstić information content (AvgIpc) is 2.55. The van der Waals surface area contributed by atoms with E-state index >= 15 is 0 Å². The molecule has 2 fully saturated rings. The molecule has 2 aliphatic rings. The van der Waals surface area contributed by atoms with Crippen LogP contribution in [0.3, 0.4) is 0 Å². The lowest BCUT2D eigenvalue weighted by molar-refractivity contribution is -0.126. The summed E-state index contributed by atoms with van der Waals surface area (Å²) in [6.45, 7) is 1.64. The van der Waals surface area contributed by atoms with Crippen molar-refractivity contribution in [3.8, 4) is 0 Å². The van der Waals surface area contributed by atoms with Crippen molar-refractivity contribution in [2.24, 2.45) is 17.6 Å². The zero-order valence-electron chi connectivity index (χ0n) is 13.3. The Morgan fingerprint density at radius 1 is 1.05 bits per heavy atom. The summed E-state index contributed by atoms with van der Waals surface area (Å²) in [7, 11) is 0. The van der Waals surface area contributed by atoms with E-state index in [-0.39, 0.29) is 11.8 Å². The minimum absolute atomic E-state index is 0.249. The van der Waals surface area contributed by atoms with Gasteiger partial charge in [-0.3, -0.25) is 4.79 Å². The van der Waals surface area contributed by atoms with E-state index in [0.29, 0.717) is 5.92 Å². The van der Waals surface area contributed by atoms with Crippen LogP contribution < -0.4 is 11.1 Å². The molecule has 0 aromatic heterocycles. The molecular weight excluding hydrogens is 280 g/mol. The third-order valence-corrected chi connectivity index (χ3v) is 6.54. The Morgan fingerprint density at radius 3 is 2.43 bits per heavy atom. The van der Waals surface area contributed by atoms with Crippen LogP contribution in [-0.2, 0) is 4.79 Å². The maximum Gasteiger partial charge on any atom is 0.223 e. The molecule has 0 aromatic rings. The number of hydrogen-bond donors (Lipinski definition) is 2. The van der Waals surface area contributed by atoms with Crippen LogP contribution in [0.1, 0.15) is 64.2 Å². The minimum atomic E-state index is 0.249. The highest BCUT2D eigenvalue weighted by Crippen LogP contribution is 2.29. The number of thioether (sulfide) groups is 1. The van der Waals surface area contributed by atoms with Crippen molar-refractivity contribution in [2.75, 3.05) is 18.8 Å². The maximum atomic E-state index is 12.1. The average molecular weight is 313 g/mol. The van der Waals surface area contributed by atoms with Crippen LogP contribution in [0.2, 0.25) is 0 Å². The number of nitrogens with one attached hydrogen (secondary N) is 1. The molecule has 3 nitrogen and oxygen atoms in total. The molecule has 21 heavy (non-hydrogen) atoms. The summed E-state index contributed by atoms with van der Waals surface area (Å²) in [5.41, 5.74) is 5.70. The second-order valence-corrected chi connectivity index (χ2v) is 8.14. The molecule has 2 aliphatic carbocycles. The summed E-state index contributed by atoms with van der Waals surface area (Å²) < 4.78 is 0. The SMILES string of the molecule is NCC1CCC(C(=O)NCCCSC2CCCCC2)CC1. The molecule has 2 saturated carbocycles. The highest BCUT2D eigenvalue weighted by molar-refractivity contribution is 7.99. The molecule has 4 heteroatoms. The van der Waals surface area contributed by atoms with Gasteiger partial charge in [-0.25, -0.2) is 0 Å². The van der Waals surface area contributed by atoms with Crippen molar-refractivity contribution in [1.29, 1.82) is 0 Å². The molecular formula is C17H32N2OS. The van der Waals surface area contributed by atoms with Gasteiger partial charge >= 0.3 is 0 Å². The van der Waals surface area contributed by atoms with E-state index in [2.05, 4.69) is 17.1 Å². The monoisotopic (exact) mass is 312 g/mol. The van der Waals surface area contributed by atoms with Crippen LogP contribution in [0.15, 0.2) is 0 Å². The summed E-state index contributed by atoms with van der Waals surface area (Å²) >= 11 is 2.12. The van der Waals surface area contributed by atoms with Crippen LogP contribution in [0.25, 0.3) is 0 Å². The molecule has 1 amide bonds. The first-order valence-electron chi connectivity index (χ1n) is 8.89. The first-order chi connectivity index (χ1) is 10.3. The van der Waals surface area contributed by atoms with E-state index in [1.807, 2.05) is 0 Å². The van der Waals surface area contributed by atoms with Crippen LogP contribution in [0.5, 0.6) is 0 Å². The summed E-state index contributed by atoms with van der Waals surface area (Å²) in [6, 6.07) is 0. The fourth-order valence-corrected chi connectivity index (χ4v) is 4.88. The van der Waals surface area contributed by atoms with Crippen molar-refractivity contribution in [3.63, 3.8) is 0 Å². The second kappa shape index (κ2) is 9.73. The van der Waals surface area contributed by atoms with Crippen LogP contribution >= 0.6 is 11.8 Å². The fourth-order valence-electron chi connectivity index (χ4n) is 3.57. The molecule has 3 N–H and O–H groups in total. The molecule has 0 unspecified atom stereocenters. The summed E-state index contributed by atoms with van der Waals surface area (Å²) in [6.07, 6.45) is 12.5. The highest BCUT2D eigenvalue weighted by Gasteiger charge is 2.25. The van der Waals surface area contributed by atoms with E-state index in [4.69, 9.17) is 5.73 Å². The van der Waals surface area contributed by atoms with E-state index in [1.54, 1.807) is 0 Å². The largest absolute Gasteiger partial charge is 0.356 e. The van der Waals surface area contributed by atoms with Crippen molar-refractivity contribution >= 4 is 17.7 Å². The first-order valence-corrected chi connectivity index (χ1v) is 9.94. The van der Waals surface area contributed by atoms with Crippen molar-refractivity contribution in [2.45, 2.75) is 69.5 Å². The Bertz CT molecular complexity index is 297. The Morgan fingerprint density at radius 2 is 1.76 bits per heavy atom. The molecule has 0 aromatic carbocycles. The molecule has 2 rings (SSSR count). The van der Waals surface area contributed by atoms with Crippen LogP contribution in [-0.4, -0.2) is 30.0 Å². The number of amides is 1. The van der Waals surface area contributed by atoms with Gasteiger partial charge in [0.25, 0.3) is 0 Å². The number of carbonyl (C=O) groups excluding carboxylic acids is 1. The van der Waals surface area contributed by atoms with Gasteiger partial charge in [-0.2, -0.15) is 11.8 Å². The molecule has 0 aliphatic heterocycles. The zero-order chi connectivity index (χ0) is 14.9. The lowest BCUT2D eigenvalue weighted by Gasteiger charge is -2.26. The maximum absolute atomic E-state index is 12.1. The predicted octanol–water partition coefficient (Wildman–Crippen LogP) is 3.32. The fraction of sp³-hybridized carbons (Fsp3) is 0.941. The number of nitrogens with two attached hydrogens (primary N) is 1. The molecule has 0 heterocycles. The number of carbonyl (C=O) groups is 1. The van der Waals surface area contributed by atoms with Gasteiger partial charge in [0.15, 0.2) is 0 Å². The Balaban J connectivity index is 1.49. The standard InChI is InChI=1S/C17H32N2OS/c18-13-14-7-9-15(10-8-14)17(20)19-11-4-12-21-16-5-2-1-3-6-16/h14-16H,1-13,18H2,(H,19,20). The molecule has 0 bridgehead atoms. The Hall–Kier alpha value is -0.220. The summed E-state index contributed by atoms with van der Waals surface area (Å²) in [4.78, 5) is 12.1. The van der Waals surface area contributed by atoms with Crippen molar-refractivity contribution in [1.82, 2.24) is 5.32 Å². The predicted molar refractivity (Wildman–Crippen MR) is 91.5 cm³/mol. The lowest BCUT2D eigenvalue weighted by Crippen LogP contribution is -2.35. The summed E-state index contributed by atoms with van der Waals surface area (Å²) in [5.74, 6) is 2.39. The van der Waals surface area contributed by atoms with E-state index < -0.39 is 0 Å². The smallest absolute Gasteiger partial charge is 0.223 e. The minimum Gasteiger partial charge on any atom is -0.356 e. The van der Waals surface area contributed by atoms with Gasteiger partial charge in [-0.15, -0.1) is 0 Å². The number of rotatable bonds is 7. The molecule has 0 atom stereocenters. The summed E-state index contributed by atoms with van der Waals surface area (Å²) in [5, 5.41) is 4.03. The lowest BCUT2D eigenvalue weighted by atomic mass is 9.81. The van der Waals surface area contributed by atoms with Gasteiger partial charge < -0.3 is 11.1 Å². The van der Waals surface area contributed by atoms with Gasteiger partial charge in [0, 0.05) is 17.7 Å². The van der Waals surface area contributed by atoms with E-state index in [0.717, 1.165) is 50.4 Å². The second-order valence-electron chi connectivity index (χ2n) is 6.73. The van der Waals surface area contributed by atoms with Crippen molar-refractivity contribution < 1.29 is 4.79 Å². The van der Waals surface area contributed by atoms with Crippen molar-refractivity contribution in [3.05, 3.63) is 0 Å². The molecule has 0 radical (unpaired) electrons. The van der Waals surface area contributed by atoms with Gasteiger partial charge in [-0.1, -0.05) is 19.3 Å². The number of hydrogen-bond acceptors (Lipinski definition) is 3. The Kier molecular flexibility index (Phi) is 7.94. The molecule has 0 spiro atoms. The van der Waals surface area contributed by atoms with E-state index in [1.165, 1.54) is 37.9 Å². The van der Waals surface area contributed by atoms with Gasteiger partial charge in [0.1, 0.15) is 0 Å². The molecule has 122 valence electrons. The van der Waals surface area contributed by atoms with E-state index in [9.17, 15) is 4.79 Å². The van der Waals surface area contributed by atoms with Gasteiger partial charge in [0.05, 0.1) is 0 Å².